The Bertz CT molecular complexity index is 2790. The molecule has 3 aromatic heterocycles. The van der Waals surface area contributed by atoms with Crippen LogP contribution in [0.1, 0.15) is 0 Å². The second-order valence-electron chi connectivity index (χ2n) is 11.8. The van der Waals surface area contributed by atoms with Crippen LogP contribution in [0.2, 0.25) is 0 Å². The van der Waals surface area contributed by atoms with E-state index in [-0.39, 0.29) is 0 Å². The molecule has 0 aliphatic rings. The van der Waals surface area contributed by atoms with Crippen LogP contribution in [0, 0.1) is 0 Å². The smallest absolute Gasteiger partial charge is 0.236 e. The van der Waals surface area contributed by atoms with Gasteiger partial charge in [0.25, 0.3) is 0 Å². The average molecular weight is 588 g/mol. The summed E-state index contributed by atoms with van der Waals surface area (Å²) in [6, 6.07) is 53.2. The third-order valence-electron chi connectivity index (χ3n) is 9.18. The average Bonchev–Trinajstić information content (AvgIpc) is 3.66. The van der Waals surface area contributed by atoms with Crippen molar-refractivity contribution in [1.82, 2.24) is 14.5 Å². The van der Waals surface area contributed by atoms with Gasteiger partial charge in [0, 0.05) is 21.7 Å². The van der Waals surface area contributed by atoms with Gasteiger partial charge in [-0.1, -0.05) is 121 Å². The van der Waals surface area contributed by atoms with E-state index in [2.05, 4.69) is 132 Å². The Morgan fingerprint density at radius 1 is 0.457 bits per heavy atom. The van der Waals surface area contributed by atoms with E-state index in [4.69, 9.17) is 14.4 Å². The van der Waals surface area contributed by atoms with Gasteiger partial charge in [-0.25, -0.2) is 9.97 Å². The fourth-order valence-corrected chi connectivity index (χ4v) is 7.02. The molecule has 214 valence electrons. The first kappa shape index (κ1) is 25.1. The van der Waals surface area contributed by atoms with E-state index < -0.39 is 0 Å². The van der Waals surface area contributed by atoms with Crippen molar-refractivity contribution in [3.8, 4) is 28.3 Å². The minimum atomic E-state index is 0.617. The lowest BCUT2D eigenvalue weighted by Gasteiger charge is -2.10. The predicted octanol–water partition coefficient (Wildman–Crippen LogP) is 11.1. The summed E-state index contributed by atoms with van der Waals surface area (Å²) >= 11 is 0. The molecule has 0 aliphatic carbocycles. The van der Waals surface area contributed by atoms with Crippen LogP contribution in [0.15, 0.2) is 156 Å². The second kappa shape index (κ2) is 9.62. The quantitative estimate of drug-likeness (QED) is 0.207. The van der Waals surface area contributed by atoms with Gasteiger partial charge < -0.3 is 4.42 Å². The predicted molar refractivity (Wildman–Crippen MR) is 190 cm³/mol. The van der Waals surface area contributed by atoms with E-state index in [1.165, 1.54) is 32.3 Å². The van der Waals surface area contributed by atoms with Crippen LogP contribution in [0.4, 0.5) is 0 Å². The highest BCUT2D eigenvalue weighted by molar-refractivity contribution is 6.23. The maximum Gasteiger partial charge on any atom is 0.236 e. The number of aromatic nitrogens is 3. The highest BCUT2D eigenvalue weighted by Crippen LogP contribution is 2.41. The van der Waals surface area contributed by atoms with Crippen molar-refractivity contribution in [2.45, 2.75) is 0 Å². The molecule has 0 saturated carbocycles. The van der Waals surface area contributed by atoms with Crippen molar-refractivity contribution in [2.24, 2.45) is 0 Å². The lowest BCUT2D eigenvalue weighted by Crippen LogP contribution is -2.03. The molecule has 0 aliphatic heterocycles. The van der Waals surface area contributed by atoms with Crippen molar-refractivity contribution in [3.63, 3.8) is 0 Å². The standard InChI is InChI=1S/C42H25N3O/c1-3-11-26(12-4-1)31-19-21-33-37(25-31)46-41-39(28-14-5-2-6-15-28)43-42(44-40(33)41)45-35-22-20-27-13-9-10-18-32(27)38(35)34-23-29-16-7-8-17-30(29)24-36(34)45/h1-25H. The number of fused-ring (bicyclic) bond motifs is 9. The van der Waals surface area contributed by atoms with Crippen LogP contribution >= 0.6 is 0 Å². The molecular formula is C42H25N3O. The van der Waals surface area contributed by atoms with E-state index in [9.17, 15) is 0 Å². The Morgan fingerprint density at radius 2 is 1.15 bits per heavy atom. The minimum Gasteiger partial charge on any atom is -0.452 e. The van der Waals surface area contributed by atoms with Crippen LogP contribution in [0.3, 0.4) is 0 Å². The van der Waals surface area contributed by atoms with E-state index in [1.54, 1.807) is 0 Å². The number of benzene rings is 7. The monoisotopic (exact) mass is 587 g/mol. The number of hydrogen-bond acceptors (Lipinski definition) is 3. The summed E-state index contributed by atoms with van der Waals surface area (Å²) in [4.78, 5) is 10.6. The van der Waals surface area contributed by atoms with Gasteiger partial charge in [-0.15, -0.1) is 0 Å². The number of hydrogen-bond donors (Lipinski definition) is 0. The molecule has 0 spiro atoms. The highest BCUT2D eigenvalue weighted by Gasteiger charge is 2.22. The van der Waals surface area contributed by atoms with Gasteiger partial charge in [-0.3, -0.25) is 4.57 Å². The Kier molecular flexibility index (Phi) is 5.25. The molecular weight excluding hydrogens is 562 g/mol. The third kappa shape index (κ3) is 3.67. The van der Waals surface area contributed by atoms with Crippen molar-refractivity contribution >= 4 is 65.4 Å². The number of nitrogens with zero attached hydrogens (tertiary/aromatic N) is 3. The summed E-state index contributed by atoms with van der Waals surface area (Å²) in [5, 5.41) is 8.15. The zero-order valence-electron chi connectivity index (χ0n) is 24.7. The summed E-state index contributed by atoms with van der Waals surface area (Å²) in [7, 11) is 0. The highest BCUT2D eigenvalue weighted by atomic mass is 16.3. The number of rotatable bonds is 3. The maximum absolute atomic E-state index is 6.63. The molecule has 0 fully saturated rings. The van der Waals surface area contributed by atoms with E-state index >= 15 is 0 Å². The van der Waals surface area contributed by atoms with Gasteiger partial charge in [0.2, 0.25) is 5.95 Å². The molecule has 0 N–H and O–H groups in total. The molecule has 0 amide bonds. The SMILES string of the molecule is c1ccc(-c2ccc3c(c2)oc2c(-c4ccccc4)nc(-n4c5cc6ccccc6cc5c5c6ccccc6ccc54)nc23)cc1. The molecule has 10 rings (SSSR count). The van der Waals surface area contributed by atoms with Crippen LogP contribution in [0.25, 0.3) is 93.8 Å². The van der Waals surface area contributed by atoms with Crippen molar-refractivity contribution in [1.29, 1.82) is 0 Å². The summed E-state index contributed by atoms with van der Waals surface area (Å²) < 4.78 is 8.86. The van der Waals surface area contributed by atoms with Gasteiger partial charge in [0.15, 0.2) is 5.58 Å². The first-order valence-corrected chi connectivity index (χ1v) is 15.5. The lowest BCUT2D eigenvalue weighted by atomic mass is 10.0. The summed E-state index contributed by atoms with van der Waals surface area (Å²) in [6.07, 6.45) is 0. The fourth-order valence-electron chi connectivity index (χ4n) is 7.02. The van der Waals surface area contributed by atoms with Crippen LogP contribution < -0.4 is 0 Å². The normalized spacial score (nSPS) is 11.9. The molecule has 4 nitrogen and oxygen atoms in total. The first-order valence-electron chi connectivity index (χ1n) is 15.5. The van der Waals surface area contributed by atoms with Gasteiger partial charge in [0.05, 0.1) is 11.0 Å². The molecule has 0 saturated heterocycles. The van der Waals surface area contributed by atoms with Gasteiger partial charge in [0.1, 0.15) is 16.8 Å². The van der Waals surface area contributed by atoms with Crippen LogP contribution in [-0.4, -0.2) is 14.5 Å². The van der Waals surface area contributed by atoms with Gasteiger partial charge in [-0.05, 0) is 63.0 Å². The molecule has 46 heavy (non-hydrogen) atoms. The summed E-state index contributed by atoms with van der Waals surface area (Å²) in [5.74, 6) is 0.617. The van der Waals surface area contributed by atoms with Gasteiger partial charge in [-0.2, -0.15) is 0 Å². The number of furan rings is 1. The molecule has 7 aromatic carbocycles. The molecule has 0 unspecified atom stereocenters. The largest absolute Gasteiger partial charge is 0.452 e. The zero-order chi connectivity index (χ0) is 30.2. The van der Waals surface area contributed by atoms with E-state index in [0.717, 1.165) is 49.9 Å². The van der Waals surface area contributed by atoms with Crippen molar-refractivity contribution in [2.75, 3.05) is 0 Å². The fraction of sp³-hybridized carbons (Fsp3) is 0. The second-order valence-corrected chi connectivity index (χ2v) is 11.8. The Labute approximate surface area is 263 Å². The van der Waals surface area contributed by atoms with Crippen LogP contribution in [0.5, 0.6) is 0 Å². The third-order valence-corrected chi connectivity index (χ3v) is 9.18. The van der Waals surface area contributed by atoms with Crippen molar-refractivity contribution in [3.05, 3.63) is 152 Å². The molecule has 0 bridgehead atoms. The Hall–Kier alpha value is -6.26. The molecule has 10 aromatic rings. The Balaban J connectivity index is 1.34. The summed E-state index contributed by atoms with van der Waals surface area (Å²) in [6.45, 7) is 0. The Morgan fingerprint density at radius 3 is 1.96 bits per heavy atom. The lowest BCUT2D eigenvalue weighted by molar-refractivity contribution is 0.667. The molecule has 0 atom stereocenters. The molecule has 0 radical (unpaired) electrons. The van der Waals surface area contributed by atoms with E-state index in [1.807, 2.05) is 24.3 Å². The zero-order valence-corrected chi connectivity index (χ0v) is 24.7. The van der Waals surface area contributed by atoms with Gasteiger partial charge >= 0.3 is 0 Å². The van der Waals surface area contributed by atoms with E-state index in [0.29, 0.717) is 11.5 Å². The van der Waals surface area contributed by atoms with Crippen LogP contribution in [-0.2, 0) is 0 Å². The molecule has 3 heterocycles. The molecule has 4 heteroatoms. The topological polar surface area (TPSA) is 43.9 Å². The minimum absolute atomic E-state index is 0.617. The first-order chi connectivity index (χ1) is 22.8. The summed E-state index contributed by atoms with van der Waals surface area (Å²) in [5.41, 5.74) is 8.42. The van der Waals surface area contributed by atoms with Crippen molar-refractivity contribution < 1.29 is 4.42 Å². The maximum atomic E-state index is 6.63.